The molecule has 1 heterocycles. The van der Waals surface area contributed by atoms with Crippen LogP contribution in [0, 0.1) is 6.92 Å². The van der Waals surface area contributed by atoms with Crippen molar-refractivity contribution >= 4 is 11.6 Å². The van der Waals surface area contributed by atoms with Crippen LogP contribution in [0.1, 0.15) is 11.4 Å². The van der Waals surface area contributed by atoms with Gasteiger partial charge in [-0.15, -0.1) is 0 Å². The summed E-state index contributed by atoms with van der Waals surface area (Å²) >= 11 is 6.15. The van der Waals surface area contributed by atoms with Gasteiger partial charge in [-0.05, 0) is 19.1 Å². The second-order valence-corrected chi connectivity index (χ2v) is 4.12. The van der Waals surface area contributed by atoms with E-state index in [9.17, 15) is 0 Å². The van der Waals surface area contributed by atoms with E-state index in [1.807, 2.05) is 42.8 Å². The molecule has 16 heavy (non-hydrogen) atoms. The highest BCUT2D eigenvalue weighted by atomic mass is 35.5. The Bertz CT molecular complexity index is 517. The third-order valence-electron chi connectivity index (χ3n) is 2.72. The number of aryl methyl sites for hydroxylation is 1. The molecular weight excluding hydrogens is 222 g/mol. The first-order chi connectivity index (χ1) is 7.65. The van der Waals surface area contributed by atoms with E-state index in [1.165, 1.54) is 0 Å². The first-order valence-corrected chi connectivity index (χ1v) is 5.50. The number of benzene rings is 1. The molecule has 0 aliphatic rings. The lowest BCUT2D eigenvalue weighted by molar-refractivity contribution is 0.823. The highest BCUT2D eigenvalue weighted by Gasteiger charge is 2.13. The van der Waals surface area contributed by atoms with E-state index in [1.54, 1.807) is 0 Å². The molecule has 3 nitrogen and oxygen atoms in total. The first-order valence-electron chi connectivity index (χ1n) is 5.12. The van der Waals surface area contributed by atoms with E-state index >= 15 is 0 Å². The minimum Gasteiger partial charge on any atom is -0.330 e. The summed E-state index contributed by atoms with van der Waals surface area (Å²) in [5.41, 5.74) is 8.62. The maximum Gasteiger partial charge on any atom is 0.141 e. The summed E-state index contributed by atoms with van der Waals surface area (Å²) in [5, 5.41) is 0.708. The zero-order valence-corrected chi connectivity index (χ0v) is 10.1. The standard InChI is InChI=1S/C12H14ClN3/c1-8-11(7-14)16(2)12(15-8)9-5-3-4-6-10(9)13/h3-6H,7,14H2,1-2H3. The number of halogens is 1. The lowest BCUT2D eigenvalue weighted by Gasteiger charge is -2.05. The Morgan fingerprint density at radius 1 is 1.38 bits per heavy atom. The van der Waals surface area contributed by atoms with E-state index in [0.717, 1.165) is 22.8 Å². The maximum absolute atomic E-state index is 6.15. The van der Waals surface area contributed by atoms with Gasteiger partial charge < -0.3 is 10.3 Å². The summed E-state index contributed by atoms with van der Waals surface area (Å²) < 4.78 is 2.00. The predicted molar refractivity (Wildman–Crippen MR) is 66.3 cm³/mol. The Kier molecular flexibility index (Phi) is 2.99. The molecule has 1 aromatic heterocycles. The number of aromatic nitrogens is 2. The molecule has 84 valence electrons. The molecule has 0 aliphatic heterocycles. The molecule has 0 radical (unpaired) electrons. The number of nitrogens with two attached hydrogens (primary N) is 1. The molecular formula is C12H14ClN3. The minimum absolute atomic E-state index is 0.486. The van der Waals surface area contributed by atoms with Crippen LogP contribution < -0.4 is 5.73 Å². The van der Waals surface area contributed by atoms with Gasteiger partial charge in [0.1, 0.15) is 5.82 Å². The van der Waals surface area contributed by atoms with Crippen molar-refractivity contribution in [1.29, 1.82) is 0 Å². The van der Waals surface area contributed by atoms with Crippen molar-refractivity contribution in [2.75, 3.05) is 0 Å². The maximum atomic E-state index is 6.15. The van der Waals surface area contributed by atoms with Gasteiger partial charge in [-0.1, -0.05) is 23.7 Å². The van der Waals surface area contributed by atoms with Crippen LogP contribution in [0.2, 0.25) is 5.02 Å². The Labute approximate surface area is 99.9 Å². The molecule has 1 aromatic carbocycles. The Balaban J connectivity index is 2.62. The molecule has 0 atom stereocenters. The molecule has 0 unspecified atom stereocenters. The van der Waals surface area contributed by atoms with Crippen LogP contribution in [0.5, 0.6) is 0 Å². The molecule has 0 saturated heterocycles. The molecule has 0 spiro atoms. The van der Waals surface area contributed by atoms with Gasteiger partial charge >= 0.3 is 0 Å². The van der Waals surface area contributed by atoms with Gasteiger partial charge in [0, 0.05) is 19.2 Å². The normalized spacial score (nSPS) is 10.8. The molecule has 0 fully saturated rings. The minimum atomic E-state index is 0.486. The summed E-state index contributed by atoms with van der Waals surface area (Å²) in [4.78, 5) is 4.51. The van der Waals surface area contributed by atoms with Gasteiger partial charge in [-0.3, -0.25) is 0 Å². The van der Waals surface area contributed by atoms with Gasteiger partial charge in [0.15, 0.2) is 0 Å². The van der Waals surface area contributed by atoms with Crippen molar-refractivity contribution in [3.63, 3.8) is 0 Å². The average molecular weight is 236 g/mol. The van der Waals surface area contributed by atoms with Crippen molar-refractivity contribution < 1.29 is 0 Å². The highest BCUT2D eigenvalue weighted by molar-refractivity contribution is 6.33. The van der Waals surface area contributed by atoms with E-state index in [-0.39, 0.29) is 0 Å². The molecule has 4 heteroatoms. The Morgan fingerprint density at radius 3 is 2.62 bits per heavy atom. The molecule has 2 aromatic rings. The fraction of sp³-hybridized carbons (Fsp3) is 0.250. The summed E-state index contributed by atoms with van der Waals surface area (Å²) in [5.74, 6) is 0.864. The van der Waals surface area contributed by atoms with Crippen LogP contribution in [0.25, 0.3) is 11.4 Å². The number of hydrogen-bond donors (Lipinski definition) is 1. The van der Waals surface area contributed by atoms with Crippen molar-refractivity contribution in [2.45, 2.75) is 13.5 Å². The van der Waals surface area contributed by atoms with E-state index in [2.05, 4.69) is 4.98 Å². The van der Waals surface area contributed by atoms with Crippen molar-refractivity contribution in [3.8, 4) is 11.4 Å². The van der Waals surface area contributed by atoms with E-state index in [0.29, 0.717) is 11.6 Å². The largest absolute Gasteiger partial charge is 0.330 e. The Hall–Kier alpha value is -1.32. The predicted octanol–water partition coefficient (Wildman–Crippen LogP) is 2.51. The smallest absolute Gasteiger partial charge is 0.141 e. The van der Waals surface area contributed by atoms with Crippen LogP contribution >= 0.6 is 11.6 Å². The molecule has 0 bridgehead atoms. The van der Waals surface area contributed by atoms with E-state index < -0.39 is 0 Å². The third kappa shape index (κ3) is 1.72. The highest BCUT2D eigenvalue weighted by Crippen LogP contribution is 2.27. The molecule has 2 rings (SSSR count). The lowest BCUT2D eigenvalue weighted by atomic mass is 10.2. The van der Waals surface area contributed by atoms with E-state index in [4.69, 9.17) is 17.3 Å². The van der Waals surface area contributed by atoms with Crippen LogP contribution in [0.15, 0.2) is 24.3 Å². The number of rotatable bonds is 2. The number of hydrogen-bond acceptors (Lipinski definition) is 2. The monoisotopic (exact) mass is 235 g/mol. The fourth-order valence-corrected chi connectivity index (χ4v) is 2.06. The lowest BCUT2D eigenvalue weighted by Crippen LogP contribution is -2.05. The van der Waals surface area contributed by atoms with Crippen LogP contribution in [-0.4, -0.2) is 9.55 Å². The van der Waals surface area contributed by atoms with Crippen LogP contribution in [0.3, 0.4) is 0 Å². The second kappa shape index (κ2) is 4.28. The van der Waals surface area contributed by atoms with Gasteiger partial charge in [-0.25, -0.2) is 4.98 Å². The third-order valence-corrected chi connectivity index (χ3v) is 3.05. The van der Waals surface area contributed by atoms with Gasteiger partial charge in [0.25, 0.3) is 0 Å². The number of imidazole rings is 1. The van der Waals surface area contributed by atoms with Gasteiger partial charge in [0.2, 0.25) is 0 Å². The quantitative estimate of drug-likeness (QED) is 0.869. The van der Waals surface area contributed by atoms with Crippen LogP contribution in [-0.2, 0) is 13.6 Å². The SMILES string of the molecule is Cc1nc(-c2ccccc2Cl)n(C)c1CN. The van der Waals surface area contributed by atoms with Crippen molar-refractivity contribution in [2.24, 2.45) is 12.8 Å². The summed E-state index contributed by atoms with van der Waals surface area (Å²) in [6.45, 7) is 2.45. The summed E-state index contributed by atoms with van der Waals surface area (Å²) in [6, 6.07) is 7.69. The van der Waals surface area contributed by atoms with Crippen molar-refractivity contribution in [3.05, 3.63) is 40.7 Å². The zero-order chi connectivity index (χ0) is 11.7. The molecule has 0 aliphatic carbocycles. The van der Waals surface area contributed by atoms with Gasteiger partial charge in [0.05, 0.1) is 16.4 Å². The summed E-state index contributed by atoms with van der Waals surface area (Å²) in [7, 11) is 1.96. The van der Waals surface area contributed by atoms with Gasteiger partial charge in [-0.2, -0.15) is 0 Å². The molecule has 0 saturated carbocycles. The van der Waals surface area contributed by atoms with Crippen LogP contribution in [0.4, 0.5) is 0 Å². The zero-order valence-electron chi connectivity index (χ0n) is 9.37. The Morgan fingerprint density at radius 2 is 2.06 bits per heavy atom. The average Bonchev–Trinajstić information content (AvgIpc) is 2.55. The fourth-order valence-electron chi connectivity index (χ4n) is 1.84. The number of nitrogens with zero attached hydrogens (tertiary/aromatic N) is 2. The molecule has 2 N–H and O–H groups in total. The summed E-state index contributed by atoms with van der Waals surface area (Å²) in [6.07, 6.45) is 0. The second-order valence-electron chi connectivity index (χ2n) is 3.71. The topological polar surface area (TPSA) is 43.8 Å². The first kappa shape index (κ1) is 11.2. The van der Waals surface area contributed by atoms with Crippen molar-refractivity contribution in [1.82, 2.24) is 9.55 Å². The molecule has 0 amide bonds.